The molecule has 3 nitrogen and oxygen atoms in total. The summed E-state index contributed by atoms with van der Waals surface area (Å²) in [5.41, 5.74) is 9.44. The smallest absolute Gasteiger partial charge is 0.124 e. The molecule has 0 aromatic heterocycles. The maximum absolute atomic E-state index is 7.78. The average molecular weight is 259 g/mol. The third kappa shape index (κ3) is 2.46. The summed E-state index contributed by atoms with van der Waals surface area (Å²) in [7, 11) is 0. The van der Waals surface area contributed by atoms with Crippen molar-refractivity contribution in [2.45, 2.75) is 40.0 Å². The first-order chi connectivity index (χ1) is 9.03. The molecule has 0 unspecified atom stereocenters. The highest BCUT2D eigenvalue weighted by atomic mass is 15.2. The number of nitrogens with zero attached hydrogens (tertiary/aromatic N) is 1. The summed E-state index contributed by atoms with van der Waals surface area (Å²) >= 11 is 0. The number of hydrogen-bond acceptors (Lipinski definition) is 2. The van der Waals surface area contributed by atoms with E-state index in [4.69, 9.17) is 11.1 Å². The number of nitrogen functional groups attached to an aromatic ring is 1. The Balaban J connectivity index is 2.36. The Morgan fingerprint density at radius 3 is 2.58 bits per heavy atom. The summed E-state index contributed by atoms with van der Waals surface area (Å²) in [4.78, 5) is 2.43. The third-order valence-corrected chi connectivity index (χ3v) is 4.78. The van der Waals surface area contributed by atoms with E-state index in [1.54, 1.807) is 0 Å². The second-order valence-corrected chi connectivity index (χ2v) is 5.76. The van der Waals surface area contributed by atoms with Gasteiger partial charge in [-0.05, 0) is 43.2 Å². The van der Waals surface area contributed by atoms with Crippen LogP contribution in [0.1, 0.15) is 44.2 Å². The van der Waals surface area contributed by atoms with Crippen LogP contribution in [0.25, 0.3) is 0 Å². The van der Waals surface area contributed by atoms with E-state index in [9.17, 15) is 0 Å². The van der Waals surface area contributed by atoms with Gasteiger partial charge in [-0.15, -0.1) is 0 Å². The summed E-state index contributed by atoms with van der Waals surface area (Å²) in [5, 5.41) is 7.78. The number of benzene rings is 1. The number of rotatable bonds is 4. The van der Waals surface area contributed by atoms with Gasteiger partial charge in [0.25, 0.3) is 0 Å². The highest BCUT2D eigenvalue weighted by Gasteiger charge is 2.36. The molecule has 1 fully saturated rings. The summed E-state index contributed by atoms with van der Waals surface area (Å²) in [5.74, 6) is 0.171. The quantitative estimate of drug-likeness (QED) is 0.644. The molecule has 2 rings (SSSR count). The molecule has 1 aliphatic rings. The van der Waals surface area contributed by atoms with Crippen LogP contribution in [-0.2, 0) is 0 Å². The molecule has 0 bridgehead atoms. The Morgan fingerprint density at radius 1 is 1.37 bits per heavy atom. The normalized spacial score (nSPS) is 17.7. The lowest BCUT2D eigenvalue weighted by Gasteiger charge is -2.29. The zero-order valence-electron chi connectivity index (χ0n) is 12.3. The van der Waals surface area contributed by atoms with Gasteiger partial charge in [-0.3, -0.25) is 5.41 Å². The summed E-state index contributed by atoms with van der Waals surface area (Å²) in [6.45, 7) is 8.85. The van der Waals surface area contributed by atoms with Crippen molar-refractivity contribution >= 4 is 11.5 Å². The first-order valence-corrected chi connectivity index (χ1v) is 7.22. The van der Waals surface area contributed by atoms with Crippen LogP contribution in [0, 0.1) is 17.7 Å². The highest BCUT2D eigenvalue weighted by Crippen LogP contribution is 2.40. The number of aryl methyl sites for hydroxylation is 1. The van der Waals surface area contributed by atoms with Crippen molar-refractivity contribution in [3.8, 4) is 0 Å². The van der Waals surface area contributed by atoms with Crippen LogP contribution in [0.5, 0.6) is 0 Å². The van der Waals surface area contributed by atoms with E-state index < -0.39 is 0 Å². The van der Waals surface area contributed by atoms with Crippen LogP contribution in [0.4, 0.5) is 5.69 Å². The van der Waals surface area contributed by atoms with E-state index in [1.165, 1.54) is 30.5 Å². The van der Waals surface area contributed by atoms with Crippen molar-refractivity contribution < 1.29 is 0 Å². The SMILES string of the molecule is CCC1(CC)CCN(c2c(C)cccc2C(=N)N)C1. The molecular weight excluding hydrogens is 234 g/mol. The predicted octanol–water partition coefficient (Wildman–Crippen LogP) is 3.30. The summed E-state index contributed by atoms with van der Waals surface area (Å²) in [6, 6.07) is 6.06. The van der Waals surface area contributed by atoms with Gasteiger partial charge < -0.3 is 10.6 Å². The molecule has 0 spiro atoms. The minimum Gasteiger partial charge on any atom is -0.384 e. The Kier molecular flexibility index (Phi) is 3.83. The fourth-order valence-corrected chi connectivity index (χ4v) is 3.25. The molecule has 1 aliphatic heterocycles. The second kappa shape index (κ2) is 5.24. The molecule has 1 saturated heterocycles. The van der Waals surface area contributed by atoms with Crippen molar-refractivity contribution in [1.82, 2.24) is 0 Å². The van der Waals surface area contributed by atoms with Gasteiger partial charge in [-0.2, -0.15) is 0 Å². The van der Waals surface area contributed by atoms with Crippen LogP contribution in [-0.4, -0.2) is 18.9 Å². The minimum atomic E-state index is 0.171. The number of anilines is 1. The molecular formula is C16H25N3. The number of para-hydroxylation sites is 1. The van der Waals surface area contributed by atoms with Crippen LogP contribution >= 0.6 is 0 Å². The molecule has 3 heteroatoms. The first kappa shape index (κ1) is 13.9. The Bertz CT molecular complexity index is 475. The fraction of sp³-hybridized carbons (Fsp3) is 0.562. The lowest BCUT2D eigenvalue weighted by molar-refractivity contribution is 0.301. The number of nitrogens with one attached hydrogen (secondary N) is 1. The summed E-state index contributed by atoms with van der Waals surface area (Å²) in [6.07, 6.45) is 3.69. The molecule has 0 atom stereocenters. The van der Waals surface area contributed by atoms with Crippen molar-refractivity contribution in [1.29, 1.82) is 5.41 Å². The molecule has 3 N–H and O–H groups in total. The number of amidine groups is 1. The number of hydrogen-bond donors (Lipinski definition) is 2. The van der Waals surface area contributed by atoms with Crippen molar-refractivity contribution in [3.63, 3.8) is 0 Å². The van der Waals surface area contributed by atoms with Gasteiger partial charge in [0.1, 0.15) is 5.84 Å². The molecule has 19 heavy (non-hydrogen) atoms. The van der Waals surface area contributed by atoms with E-state index in [1.807, 2.05) is 12.1 Å². The Labute approximate surface area is 116 Å². The molecule has 1 aromatic rings. The fourth-order valence-electron chi connectivity index (χ4n) is 3.25. The van der Waals surface area contributed by atoms with Crippen LogP contribution in [0.3, 0.4) is 0 Å². The maximum Gasteiger partial charge on any atom is 0.124 e. The highest BCUT2D eigenvalue weighted by molar-refractivity contribution is 6.01. The van der Waals surface area contributed by atoms with Crippen LogP contribution in [0.2, 0.25) is 0 Å². The first-order valence-electron chi connectivity index (χ1n) is 7.22. The molecule has 0 radical (unpaired) electrons. The van der Waals surface area contributed by atoms with E-state index in [0.29, 0.717) is 5.41 Å². The van der Waals surface area contributed by atoms with E-state index in [2.05, 4.69) is 31.7 Å². The van der Waals surface area contributed by atoms with Crippen LogP contribution in [0.15, 0.2) is 18.2 Å². The standard InChI is InChI=1S/C16H25N3/c1-4-16(5-2)9-10-19(11-16)14-12(3)7-6-8-13(14)15(17)18/h6-8H,4-5,9-11H2,1-3H3,(H3,17,18). The Hall–Kier alpha value is -1.51. The zero-order chi connectivity index (χ0) is 14.0. The van der Waals surface area contributed by atoms with Crippen molar-refractivity contribution in [3.05, 3.63) is 29.3 Å². The largest absolute Gasteiger partial charge is 0.384 e. The second-order valence-electron chi connectivity index (χ2n) is 5.76. The zero-order valence-corrected chi connectivity index (χ0v) is 12.3. The lowest BCUT2D eigenvalue weighted by atomic mass is 9.82. The molecule has 1 heterocycles. The van der Waals surface area contributed by atoms with Crippen LogP contribution < -0.4 is 10.6 Å². The molecule has 104 valence electrons. The number of nitrogens with two attached hydrogens (primary N) is 1. The van der Waals surface area contributed by atoms with Gasteiger partial charge in [-0.1, -0.05) is 26.0 Å². The monoisotopic (exact) mass is 259 g/mol. The average Bonchev–Trinajstić information content (AvgIpc) is 2.83. The minimum absolute atomic E-state index is 0.171. The molecule has 1 aromatic carbocycles. The van der Waals surface area contributed by atoms with E-state index in [0.717, 1.165) is 18.7 Å². The predicted molar refractivity (Wildman–Crippen MR) is 82.0 cm³/mol. The molecule has 0 amide bonds. The van der Waals surface area contributed by atoms with Gasteiger partial charge >= 0.3 is 0 Å². The summed E-state index contributed by atoms with van der Waals surface area (Å²) < 4.78 is 0. The van der Waals surface area contributed by atoms with Crippen molar-refractivity contribution in [2.75, 3.05) is 18.0 Å². The van der Waals surface area contributed by atoms with Gasteiger partial charge in [0, 0.05) is 18.7 Å². The van der Waals surface area contributed by atoms with Gasteiger partial charge in [0.05, 0.1) is 5.69 Å². The van der Waals surface area contributed by atoms with Gasteiger partial charge in [-0.25, -0.2) is 0 Å². The van der Waals surface area contributed by atoms with Crippen molar-refractivity contribution in [2.24, 2.45) is 11.1 Å². The van der Waals surface area contributed by atoms with Gasteiger partial charge in [0.2, 0.25) is 0 Å². The lowest BCUT2D eigenvalue weighted by Crippen LogP contribution is -2.28. The molecule has 0 aliphatic carbocycles. The van der Waals surface area contributed by atoms with Gasteiger partial charge in [0.15, 0.2) is 0 Å². The third-order valence-electron chi connectivity index (χ3n) is 4.78. The van der Waals surface area contributed by atoms with E-state index >= 15 is 0 Å². The topological polar surface area (TPSA) is 53.1 Å². The maximum atomic E-state index is 7.78. The molecule has 0 saturated carbocycles. The Morgan fingerprint density at radius 2 is 2.05 bits per heavy atom. The van der Waals surface area contributed by atoms with E-state index in [-0.39, 0.29) is 5.84 Å².